The van der Waals surface area contributed by atoms with Crippen LogP contribution < -0.4 is 4.72 Å². The summed E-state index contributed by atoms with van der Waals surface area (Å²) < 4.78 is 54.7. The maximum atomic E-state index is 14.6. The first-order chi connectivity index (χ1) is 19.2. The highest BCUT2D eigenvalue weighted by Gasteiger charge is 2.46. The van der Waals surface area contributed by atoms with Gasteiger partial charge in [0.05, 0.1) is 45.6 Å². The fraction of sp³-hybridized carbons (Fsp3) is 0.276. The summed E-state index contributed by atoms with van der Waals surface area (Å²) >= 11 is 0. The Labute approximate surface area is 230 Å². The van der Waals surface area contributed by atoms with Gasteiger partial charge in [-0.1, -0.05) is 18.6 Å². The molecule has 3 aliphatic carbocycles. The molecule has 2 bridgehead atoms. The number of nitriles is 1. The normalized spacial score (nSPS) is 19.9. The molecule has 3 heterocycles. The van der Waals surface area contributed by atoms with Crippen molar-refractivity contribution < 1.29 is 17.2 Å². The summed E-state index contributed by atoms with van der Waals surface area (Å²) in [7, 11) is -3.61. The van der Waals surface area contributed by atoms with E-state index in [1.54, 1.807) is 18.2 Å². The molecular formula is C29H24F2N6O2S. The van der Waals surface area contributed by atoms with Crippen molar-refractivity contribution in [1.82, 2.24) is 20.2 Å². The zero-order chi connectivity index (χ0) is 28.1. The van der Waals surface area contributed by atoms with Crippen molar-refractivity contribution in [3.63, 3.8) is 0 Å². The third-order valence-electron chi connectivity index (χ3n) is 7.84. The second-order valence-electron chi connectivity index (χ2n) is 10.4. The van der Waals surface area contributed by atoms with Crippen LogP contribution in [0, 0.1) is 23.0 Å². The van der Waals surface area contributed by atoms with E-state index in [1.165, 1.54) is 24.4 Å². The van der Waals surface area contributed by atoms with Gasteiger partial charge in [0.25, 0.3) is 0 Å². The Hall–Kier alpha value is -4.30. The first kappa shape index (κ1) is 26.0. The number of hydrogen-bond acceptors (Lipinski definition) is 7. The van der Waals surface area contributed by atoms with Crippen molar-refractivity contribution in [3.05, 3.63) is 88.9 Å². The van der Waals surface area contributed by atoms with E-state index >= 15 is 0 Å². The van der Waals surface area contributed by atoms with Gasteiger partial charge in [0, 0.05) is 11.8 Å². The fourth-order valence-corrected chi connectivity index (χ4v) is 6.54. The van der Waals surface area contributed by atoms with Gasteiger partial charge in [0.2, 0.25) is 10.0 Å². The number of pyridine rings is 2. The molecule has 0 spiro atoms. The van der Waals surface area contributed by atoms with E-state index in [2.05, 4.69) is 19.9 Å². The van der Waals surface area contributed by atoms with Crippen LogP contribution in [0.15, 0.2) is 54.7 Å². The van der Waals surface area contributed by atoms with Crippen molar-refractivity contribution in [2.24, 2.45) is 0 Å². The molecule has 4 aromatic rings. The highest BCUT2D eigenvalue weighted by molar-refractivity contribution is 7.92. The number of anilines is 1. The molecule has 1 fully saturated rings. The van der Waals surface area contributed by atoms with Crippen molar-refractivity contribution in [3.8, 4) is 28.6 Å². The Balaban J connectivity index is 1.44. The summed E-state index contributed by atoms with van der Waals surface area (Å²) in [4.78, 5) is 9.15. The molecule has 0 unspecified atom stereocenters. The number of sulfonamides is 1. The van der Waals surface area contributed by atoms with Crippen LogP contribution in [0.3, 0.4) is 0 Å². The standard InChI is InChI=1S/C29H24F2N6O2S/c1-40(38,39)37-28-18(15-32)13-19(16-33-28)23-8-3-9-25(34-23)29-11-4-5-17(10-12-29)20-14-24(35-36-27(20)29)26-21(30)6-2-7-22(26)31/h2-3,6-9,13-14,16-17H,4-5,10-12H2,1H3,(H,33,37)/t17-,29+/m0/s1. The lowest BCUT2D eigenvalue weighted by Crippen LogP contribution is -2.34. The van der Waals surface area contributed by atoms with E-state index < -0.39 is 27.1 Å². The number of fused-ring (bicyclic) bond motifs is 3. The largest absolute Gasteiger partial charge is 0.266 e. The number of nitrogens with one attached hydrogen (secondary N) is 1. The molecule has 11 heteroatoms. The van der Waals surface area contributed by atoms with E-state index in [-0.39, 0.29) is 28.6 Å². The number of aromatic nitrogens is 4. The maximum Gasteiger partial charge on any atom is 0.231 e. The van der Waals surface area contributed by atoms with Gasteiger partial charge in [-0.25, -0.2) is 22.2 Å². The van der Waals surface area contributed by atoms with E-state index in [1.807, 2.05) is 18.2 Å². The van der Waals surface area contributed by atoms with E-state index in [0.29, 0.717) is 11.3 Å². The zero-order valence-corrected chi connectivity index (χ0v) is 22.3. The molecule has 8 nitrogen and oxygen atoms in total. The molecule has 7 rings (SSSR count). The van der Waals surface area contributed by atoms with Gasteiger partial charge in [-0.3, -0.25) is 9.71 Å². The topological polar surface area (TPSA) is 122 Å². The van der Waals surface area contributed by atoms with Gasteiger partial charge in [0.1, 0.15) is 17.7 Å². The van der Waals surface area contributed by atoms with E-state index in [0.717, 1.165) is 55.3 Å². The van der Waals surface area contributed by atoms with Crippen molar-refractivity contribution in [2.75, 3.05) is 11.0 Å². The van der Waals surface area contributed by atoms with Crippen LogP contribution in [0.5, 0.6) is 0 Å². The summed E-state index contributed by atoms with van der Waals surface area (Å²) in [5, 5.41) is 18.5. The van der Waals surface area contributed by atoms with Gasteiger partial charge in [-0.15, -0.1) is 5.10 Å². The molecule has 3 aliphatic rings. The highest BCUT2D eigenvalue weighted by atomic mass is 32.2. The quantitative estimate of drug-likeness (QED) is 0.345. The number of rotatable bonds is 5. The molecule has 0 amide bonds. The van der Waals surface area contributed by atoms with Crippen LogP contribution in [-0.4, -0.2) is 34.8 Å². The average Bonchev–Trinajstić information content (AvgIpc) is 3.25. The molecule has 0 aliphatic heterocycles. The lowest BCUT2D eigenvalue weighted by molar-refractivity contribution is 0.390. The Morgan fingerprint density at radius 2 is 1.80 bits per heavy atom. The Kier molecular flexibility index (Phi) is 6.30. The van der Waals surface area contributed by atoms with Crippen molar-refractivity contribution in [2.45, 2.75) is 43.4 Å². The van der Waals surface area contributed by atoms with Gasteiger partial charge >= 0.3 is 0 Å². The molecule has 2 atom stereocenters. The lowest BCUT2D eigenvalue weighted by atomic mass is 9.68. The number of hydrogen-bond donors (Lipinski definition) is 1. The summed E-state index contributed by atoms with van der Waals surface area (Å²) in [6, 6.07) is 14.7. The SMILES string of the molecule is CS(=O)(=O)Nc1ncc(-c2cccc([C@@]34CCC[C@@H](CC3)c3cc(-c5c(F)cccc5F)nnc34)n2)cc1C#N. The van der Waals surface area contributed by atoms with Crippen molar-refractivity contribution >= 4 is 15.8 Å². The Bertz CT molecular complexity index is 1780. The Morgan fingerprint density at radius 1 is 1.02 bits per heavy atom. The van der Waals surface area contributed by atoms with Gasteiger partial charge < -0.3 is 0 Å². The number of nitrogens with zero attached hydrogens (tertiary/aromatic N) is 5. The summed E-state index contributed by atoms with van der Waals surface area (Å²) in [5.41, 5.74) is 3.22. The minimum Gasteiger partial charge on any atom is -0.266 e. The monoisotopic (exact) mass is 558 g/mol. The van der Waals surface area contributed by atoms with E-state index in [9.17, 15) is 22.5 Å². The summed E-state index contributed by atoms with van der Waals surface area (Å²) in [6.45, 7) is 0. The van der Waals surface area contributed by atoms with Crippen LogP contribution in [0.1, 0.15) is 60.5 Å². The van der Waals surface area contributed by atoms with Crippen LogP contribution >= 0.6 is 0 Å². The number of benzene rings is 1. The first-order valence-corrected chi connectivity index (χ1v) is 14.8. The van der Waals surface area contributed by atoms with Crippen LogP contribution in [0.4, 0.5) is 14.6 Å². The van der Waals surface area contributed by atoms with Crippen LogP contribution in [0.25, 0.3) is 22.5 Å². The third-order valence-corrected chi connectivity index (χ3v) is 8.40. The maximum absolute atomic E-state index is 14.6. The lowest BCUT2D eigenvalue weighted by Gasteiger charge is -2.37. The molecule has 1 N–H and O–H groups in total. The first-order valence-electron chi connectivity index (χ1n) is 12.9. The van der Waals surface area contributed by atoms with Gasteiger partial charge in [0.15, 0.2) is 5.82 Å². The minimum absolute atomic E-state index is 0.0446. The molecule has 0 saturated heterocycles. The molecule has 3 aromatic heterocycles. The molecule has 202 valence electrons. The van der Waals surface area contributed by atoms with Crippen LogP contribution in [0.2, 0.25) is 0 Å². The molecule has 40 heavy (non-hydrogen) atoms. The second-order valence-corrected chi connectivity index (χ2v) is 12.1. The third kappa shape index (κ3) is 4.48. The molecule has 1 saturated carbocycles. The van der Waals surface area contributed by atoms with Crippen LogP contribution in [-0.2, 0) is 15.4 Å². The smallest absolute Gasteiger partial charge is 0.231 e. The predicted octanol–water partition coefficient (Wildman–Crippen LogP) is 5.47. The number of halogens is 2. The summed E-state index contributed by atoms with van der Waals surface area (Å²) in [6.07, 6.45) is 6.83. The van der Waals surface area contributed by atoms with E-state index in [4.69, 9.17) is 4.98 Å². The van der Waals surface area contributed by atoms with Gasteiger partial charge in [-0.05, 0) is 73.6 Å². The summed E-state index contributed by atoms with van der Waals surface area (Å²) in [5.74, 6) is -1.19. The Morgan fingerprint density at radius 3 is 2.55 bits per heavy atom. The second kappa shape index (κ2) is 9.71. The van der Waals surface area contributed by atoms with Gasteiger partial charge in [-0.2, -0.15) is 10.4 Å². The predicted molar refractivity (Wildman–Crippen MR) is 145 cm³/mol. The molecule has 1 aromatic carbocycles. The fourth-order valence-electron chi connectivity index (χ4n) is 6.03. The average molecular weight is 559 g/mol. The molecular weight excluding hydrogens is 534 g/mol. The minimum atomic E-state index is -3.61. The molecule has 0 radical (unpaired) electrons. The zero-order valence-electron chi connectivity index (χ0n) is 21.5. The van der Waals surface area contributed by atoms with Crippen molar-refractivity contribution in [1.29, 1.82) is 5.26 Å². The highest BCUT2D eigenvalue weighted by Crippen LogP contribution is 2.53.